The van der Waals surface area contributed by atoms with Crippen LogP contribution < -0.4 is 14.5 Å². The van der Waals surface area contributed by atoms with Crippen molar-refractivity contribution >= 4 is 17.3 Å². The number of aliphatic carboxylic acids is 1. The molecule has 0 amide bonds. The summed E-state index contributed by atoms with van der Waals surface area (Å²) in [7, 11) is 1.84. The Labute approximate surface area is 172 Å². The molecule has 0 aromatic heterocycles. The van der Waals surface area contributed by atoms with E-state index in [0.717, 1.165) is 17.8 Å². The van der Waals surface area contributed by atoms with Crippen LogP contribution in [0.25, 0.3) is 11.1 Å². The number of fused-ring (bicyclic) bond motifs is 1. The molecule has 2 aromatic rings. The number of ether oxygens (including phenoxy) is 1. The molecule has 8 heteroatoms. The lowest BCUT2D eigenvalue weighted by Crippen LogP contribution is -2.50. The zero-order valence-corrected chi connectivity index (χ0v) is 17.0. The minimum Gasteiger partial charge on any atom is -0.484 e. The van der Waals surface area contributed by atoms with Gasteiger partial charge in [0.05, 0.1) is 23.7 Å². The minimum atomic E-state index is -4.50. The highest BCUT2D eigenvalue weighted by atomic mass is 19.4. The van der Waals surface area contributed by atoms with Crippen LogP contribution in [0.2, 0.25) is 0 Å². The number of carboxylic acids is 1. The van der Waals surface area contributed by atoms with Crippen molar-refractivity contribution in [3.63, 3.8) is 0 Å². The molecule has 1 saturated heterocycles. The van der Waals surface area contributed by atoms with E-state index in [4.69, 9.17) is 9.84 Å². The molecule has 0 bridgehead atoms. The maximum atomic E-state index is 13.6. The first-order valence-corrected chi connectivity index (χ1v) is 9.68. The normalized spacial score (nSPS) is 18.5. The van der Waals surface area contributed by atoms with Crippen molar-refractivity contribution < 1.29 is 27.8 Å². The van der Waals surface area contributed by atoms with Gasteiger partial charge in [-0.2, -0.15) is 13.2 Å². The van der Waals surface area contributed by atoms with Crippen molar-refractivity contribution in [2.75, 3.05) is 36.5 Å². The Morgan fingerprint density at radius 1 is 1.20 bits per heavy atom. The molecule has 0 unspecified atom stereocenters. The zero-order chi connectivity index (χ0) is 21.8. The molecule has 0 aliphatic carbocycles. The van der Waals surface area contributed by atoms with Crippen LogP contribution in [-0.2, 0) is 11.0 Å². The molecule has 1 fully saturated rings. The first-order valence-electron chi connectivity index (χ1n) is 9.68. The lowest BCUT2D eigenvalue weighted by Gasteiger charge is -2.41. The molecular formula is C22H23F3N2O3. The summed E-state index contributed by atoms with van der Waals surface area (Å²) in [5.41, 5.74) is 1.10. The molecular weight excluding hydrogens is 397 g/mol. The SMILES string of the molecule is CN1CC(C)(C)Oc2cc(C(F)(F)F)cc(-c3cccc(N4CC(C(=O)O)C4)c3)c21. The van der Waals surface area contributed by atoms with Crippen molar-refractivity contribution in [2.24, 2.45) is 5.92 Å². The number of hydrogen-bond acceptors (Lipinski definition) is 4. The third kappa shape index (κ3) is 3.66. The first-order chi connectivity index (χ1) is 13.9. The summed E-state index contributed by atoms with van der Waals surface area (Å²) in [6.07, 6.45) is -4.50. The summed E-state index contributed by atoms with van der Waals surface area (Å²) in [6, 6.07) is 9.41. The lowest BCUT2D eigenvalue weighted by atomic mass is 9.94. The summed E-state index contributed by atoms with van der Waals surface area (Å²) < 4.78 is 46.7. The molecule has 0 saturated carbocycles. The van der Waals surface area contributed by atoms with E-state index in [1.807, 2.05) is 36.8 Å². The Morgan fingerprint density at radius 3 is 2.53 bits per heavy atom. The van der Waals surface area contributed by atoms with Crippen LogP contribution in [0, 0.1) is 5.92 Å². The molecule has 0 spiro atoms. The summed E-state index contributed by atoms with van der Waals surface area (Å²) >= 11 is 0. The standard InChI is InChI=1S/C22H23F3N2O3/c1-21(2)12-26(3)19-17(8-15(22(23,24)25)9-18(19)30-21)13-5-4-6-16(7-13)27-10-14(11-27)20(28)29/h4-9,14H,10-12H2,1-3H3,(H,28,29). The van der Waals surface area contributed by atoms with Gasteiger partial charge in [-0.25, -0.2) is 0 Å². The Morgan fingerprint density at radius 2 is 1.90 bits per heavy atom. The highest BCUT2D eigenvalue weighted by molar-refractivity contribution is 5.86. The van der Waals surface area contributed by atoms with Gasteiger partial charge >= 0.3 is 12.1 Å². The second kappa shape index (κ2) is 6.82. The van der Waals surface area contributed by atoms with E-state index in [-0.39, 0.29) is 5.75 Å². The molecule has 2 heterocycles. The molecule has 2 aliphatic heterocycles. The van der Waals surface area contributed by atoms with E-state index < -0.39 is 29.2 Å². The van der Waals surface area contributed by atoms with Gasteiger partial charge in [0.15, 0.2) is 0 Å². The van der Waals surface area contributed by atoms with Gasteiger partial charge in [0.25, 0.3) is 0 Å². The molecule has 5 nitrogen and oxygen atoms in total. The number of anilines is 2. The van der Waals surface area contributed by atoms with Gasteiger partial charge in [-0.15, -0.1) is 0 Å². The Bertz CT molecular complexity index is 998. The average Bonchev–Trinajstić information content (AvgIpc) is 2.57. The first kappa shape index (κ1) is 20.4. The summed E-state index contributed by atoms with van der Waals surface area (Å²) in [6.45, 7) is 4.99. The molecule has 4 rings (SSSR count). The van der Waals surface area contributed by atoms with Gasteiger partial charge in [0, 0.05) is 31.4 Å². The van der Waals surface area contributed by atoms with Crippen molar-refractivity contribution in [1.82, 2.24) is 0 Å². The van der Waals surface area contributed by atoms with Crippen molar-refractivity contribution in [1.29, 1.82) is 0 Å². The van der Waals surface area contributed by atoms with Crippen molar-refractivity contribution in [2.45, 2.75) is 25.6 Å². The summed E-state index contributed by atoms with van der Waals surface area (Å²) in [5.74, 6) is -1.05. The Hall–Kier alpha value is -2.90. The Balaban J connectivity index is 1.79. The number of carbonyl (C=O) groups is 1. The van der Waals surface area contributed by atoms with Gasteiger partial charge in [0.2, 0.25) is 0 Å². The van der Waals surface area contributed by atoms with Crippen LogP contribution in [0.4, 0.5) is 24.5 Å². The van der Waals surface area contributed by atoms with Crippen LogP contribution in [0.3, 0.4) is 0 Å². The van der Waals surface area contributed by atoms with Crippen molar-refractivity contribution in [3.8, 4) is 16.9 Å². The van der Waals surface area contributed by atoms with Crippen molar-refractivity contribution in [3.05, 3.63) is 42.0 Å². The van der Waals surface area contributed by atoms with E-state index in [2.05, 4.69) is 0 Å². The minimum absolute atomic E-state index is 0.207. The smallest absolute Gasteiger partial charge is 0.416 e. The number of benzene rings is 2. The van der Waals surface area contributed by atoms with E-state index in [0.29, 0.717) is 36.4 Å². The number of carboxylic acid groups (broad SMARTS) is 1. The maximum absolute atomic E-state index is 13.6. The van der Waals surface area contributed by atoms with Gasteiger partial charge in [0.1, 0.15) is 11.4 Å². The molecule has 1 N–H and O–H groups in total. The van der Waals surface area contributed by atoms with Crippen LogP contribution in [0.5, 0.6) is 5.75 Å². The molecule has 0 radical (unpaired) electrons. The van der Waals surface area contributed by atoms with Gasteiger partial charge in [-0.1, -0.05) is 12.1 Å². The Kier molecular flexibility index (Phi) is 4.63. The fraction of sp³-hybridized carbons (Fsp3) is 0.409. The average molecular weight is 420 g/mol. The molecule has 2 aromatic carbocycles. The summed E-state index contributed by atoms with van der Waals surface area (Å²) in [5, 5.41) is 9.09. The van der Waals surface area contributed by atoms with Crippen LogP contribution in [0.15, 0.2) is 36.4 Å². The maximum Gasteiger partial charge on any atom is 0.416 e. The van der Waals surface area contributed by atoms with E-state index in [9.17, 15) is 18.0 Å². The monoisotopic (exact) mass is 420 g/mol. The van der Waals surface area contributed by atoms with Gasteiger partial charge < -0.3 is 19.6 Å². The van der Waals surface area contributed by atoms with Gasteiger partial charge in [-0.05, 0) is 43.7 Å². The van der Waals surface area contributed by atoms with Crippen LogP contribution in [0.1, 0.15) is 19.4 Å². The number of halogens is 3. The highest BCUT2D eigenvalue weighted by Crippen LogP contribution is 2.47. The topological polar surface area (TPSA) is 53.0 Å². The number of nitrogens with zero attached hydrogens (tertiary/aromatic N) is 2. The van der Waals surface area contributed by atoms with E-state index >= 15 is 0 Å². The number of likely N-dealkylation sites (N-methyl/N-ethyl adjacent to an activating group) is 1. The van der Waals surface area contributed by atoms with Crippen LogP contribution >= 0.6 is 0 Å². The number of hydrogen-bond donors (Lipinski definition) is 1. The second-order valence-corrected chi connectivity index (χ2v) is 8.58. The van der Waals surface area contributed by atoms with Gasteiger partial charge in [-0.3, -0.25) is 4.79 Å². The van der Waals surface area contributed by atoms with E-state index in [1.165, 1.54) is 0 Å². The van der Waals surface area contributed by atoms with Crippen LogP contribution in [-0.4, -0.2) is 43.4 Å². The summed E-state index contributed by atoms with van der Waals surface area (Å²) in [4.78, 5) is 14.9. The lowest BCUT2D eigenvalue weighted by molar-refractivity contribution is -0.142. The number of rotatable bonds is 3. The fourth-order valence-corrected chi connectivity index (χ4v) is 4.16. The predicted octanol–water partition coefficient (Wildman–Crippen LogP) is 4.50. The third-order valence-electron chi connectivity index (χ3n) is 5.54. The fourth-order valence-electron chi connectivity index (χ4n) is 4.16. The molecule has 0 atom stereocenters. The zero-order valence-electron chi connectivity index (χ0n) is 17.0. The molecule has 160 valence electrons. The predicted molar refractivity (Wildman–Crippen MR) is 108 cm³/mol. The number of alkyl halides is 3. The molecule has 2 aliphatic rings. The quantitative estimate of drug-likeness (QED) is 0.793. The highest BCUT2D eigenvalue weighted by Gasteiger charge is 2.38. The molecule has 30 heavy (non-hydrogen) atoms. The van der Waals surface area contributed by atoms with E-state index in [1.54, 1.807) is 18.2 Å². The second-order valence-electron chi connectivity index (χ2n) is 8.58. The largest absolute Gasteiger partial charge is 0.484 e. The third-order valence-corrected chi connectivity index (χ3v) is 5.54.